The molecule has 0 radical (unpaired) electrons. The van der Waals surface area contributed by atoms with Gasteiger partial charge in [0.15, 0.2) is 0 Å². The average molecular weight is 295 g/mol. The summed E-state index contributed by atoms with van der Waals surface area (Å²) in [5, 5.41) is 8.11. The van der Waals surface area contributed by atoms with E-state index in [4.69, 9.17) is 20.9 Å². The molecule has 1 unspecified atom stereocenters. The van der Waals surface area contributed by atoms with Gasteiger partial charge >= 0.3 is 0 Å². The van der Waals surface area contributed by atoms with Crippen molar-refractivity contribution in [3.63, 3.8) is 0 Å². The van der Waals surface area contributed by atoms with Crippen molar-refractivity contribution in [3.05, 3.63) is 45.8 Å². The third-order valence-electron chi connectivity index (χ3n) is 3.40. The molecule has 0 spiro atoms. The molecule has 0 aliphatic heterocycles. The molecule has 0 saturated heterocycles. The van der Waals surface area contributed by atoms with Crippen LogP contribution in [0.2, 0.25) is 5.02 Å². The molecule has 2 rings (SSSR count). The van der Waals surface area contributed by atoms with Gasteiger partial charge in [-0.1, -0.05) is 22.8 Å². The molecule has 1 aromatic heterocycles. The summed E-state index contributed by atoms with van der Waals surface area (Å²) in [5.74, 6) is 1.63. The van der Waals surface area contributed by atoms with Gasteiger partial charge in [0.05, 0.1) is 12.8 Å². The number of ether oxygens (including phenoxy) is 1. The molecule has 5 heteroatoms. The Labute approximate surface area is 124 Å². The first kappa shape index (κ1) is 14.9. The number of halogens is 1. The third kappa shape index (κ3) is 2.97. The summed E-state index contributed by atoms with van der Waals surface area (Å²) in [5.41, 5.74) is 2.96. The van der Waals surface area contributed by atoms with E-state index >= 15 is 0 Å². The van der Waals surface area contributed by atoms with E-state index in [-0.39, 0.29) is 6.04 Å². The van der Waals surface area contributed by atoms with Crippen LogP contribution in [0.15, 0.2) is 22.7 Å². The highest BCUT2D eigenvalue weighted by Crippen LogP contribution is 2.27. The number of aryl methyl sites for hydroxylation is 2. The summed E-state index contributed by atoms with van der Waals surface area (Å²) >= 11 is 6.23. The minimum atomic E-state index is 0.127. The first-order valence-electron chi connectivity index (χ1n) is 6.52. The van der Waals surface area contributed by atoms with Gasteiger partial charge in [0.1, 0.15) is 11.5 Å². The van der Waals surface area contributed by atoms with Crippen molar-refractivity contribution in [3.8, 4) is 5.75 Å². The Balaban J connectivity index is 2.13. The number of hydrogen-bond donors (Lipinski definition) is 1. The maximum atomic E-state index is 6.23. The number of aromatic nitrogens is 1. The van der Waals surface area contributed by atoms with Crippen molar-refractivity contribution >= 4 is 11.6 Å². The number of rotatable bonds is 5. The van der Waals surface area contributed by atoms with Gasteiger partial charge in [0.25, 0.3) is 0 Å². The summed E-state index contributed by atoms with van der Waals surface area (Å²) in [6.45, 7) is 6.56. The molecular formula is C15H19ClN2O2. The van der Waals surface area contributed by atoms with E-state index in [0.717, 1.165) is 28.3 Å². The van der Waals surface area contributed by atoms with Crippen LogP contribution >= 0.6 is 11.6 Å². The lowest BCUT2D eigenvalue weighted by Gasteiger charge is -2.16. The molecule has 2 aromatic rings. The molecule has 108 valence electrons. The van der Waals surface area contributed by atoms with E-state index in [0.29, 0.717) is 11.6 Å². The standard InChI is InChI=1S/C15H19ClN2O2/c1-9(15-10(2)18-20-11(15)3)17-8-12-13(16)6-5-7-14(12)19-4/h5-7,9,17H,8H2,1-4H3. The number of nitrogens with zero attached hydrogens (tertiary/aromatic N) is 1. The van der Waals surface area contributed by atoms with Gasteiger partial charge in [-0.3, -0.25) is 0 Å². The molecule has 0 aliphatic carbocycles. The number of hydrogen-bond acceptors (Lipinski definition) is 4. The molecule has 1 N–H and O–H groups in total. The molecule has 0 fully saturated rings. The van der Waals surface area contributed by atoms with Crippen molar-refractivity contribution in [1.82, 2.24) is 10.5 Å². The lowest BCUT2D eigenvalue weighted by atomic mass is 10.1. The minimum absolute atomic E-state index is 0.127. The Hall–Kier alpha value is -1.52. The van der Waals surface area contributed by atoms with Crippen molar-refractivity contribution in [2.45, 2.75) is 33.4 Å². The van der Waals surface area contributed by atoms with Gasteiger partial charge in [-0.25, -0.2) is 0 Å². The molecule has 0 aliphatic rings. The highest BCUT2D eigenvalue weighted by Gasteiger charge is 2.17. The van der Waals surface area contributed by atoms with Crippen LogP contribution in [0.25, 0.3) is 0 Å². The van der Waals surface area contributed by atoms with Crippen LogP contribution in [0, 0.1) is 13.8 Å². The van der Waals surface area contributed by atoms with E-state index in [2.05, 4.69) is 17.4 Å². The minimum Gasteiger partial charge on any atom is -0.496 e. The highest BCUT2D eigenvalue weighted by molar-refractivity contribution is 6.31. The van der Waals surface area contributed by atoms with E-state index in [1.54, 1.807) is 7.11 Å². The SMILES string of the molecule is COc1cccc(Cl)c1CNC(C)c1c(C)noc1C. The van der Waals surface area contributed by atoms with Crippen molar-refractivity contribution in [2.24, 2.45) is 0 Å². The maximum Gasteiger partial charge on any atom is 0.138 e. The van der Waals surface area contributed by atoms with Gasteiger partial charge in [-0.2, -0.15) is 0 Å². The van der Waals surface area contributed by atoms with Gasteiger partial charge in [-0.05, 0) is 32.9 Å². The zero-order valence-electron chi connectivity index (χ0n) is 12.2. The molecule has 4 nitrogen and oxygen atoms in total. The Morgan fingerprint density at radius 3 is 2.75 bits per heavy atom. The number of nitrogens with one attached hydrogen (secondary N) is 1. The van der Waals surface area contributed by atoms with Crippen LogP contribution in [0.4, 0.5) is 0 Å². The van der Waals surface area contributed by atoms with Gasteiger partial charge < -0.3 is 14.6 Å². The Morgan fingerprint density at radius 1 is 1.40 bits per heavy atom. The van der Waals surface area contributed by atoms with Crippen LogP contribution in [-0.2, 0) is 6.54 Å². The van der Waals surface area contributed by atoms with Gasteiger partial charge in [0, 0.05) is 28.7 Å². The fourth-order valence-electron chi connectivity index (χ4n) is 2.37. The summed E-state index contributed by atoms with van der Waals surface area (Å²) in [7, 11) is 1.65. The zero-order chi connectivity index (χ0) is 14.7. The second-order valence-electron chi connectivity index (χ2n) is 4.76. The second kappa shape index (κ2) is 6.29. The molecule has 20 heavy (non-hydrogen) atoms. The Morgan fingerprint density at radius 2 is 2.15 bits per heavy atom. The second-order valence-corrected chi connectivity index (χ2v) is 5.17. The molecule has 0 saturated carbocycles. The van der Waals surface area contributed by atoms with E-state index in [9.17, 15) is 0 Å². The predicted octanol–water partition coefficient (Wildman–Crippen LogP) is 3.80. The molecule has 1 aromatic carbocycles. The first-order chi connectivity index (χ1) is 9.54. The summed E-state index contributed by atoms with van der Waals surface area (Å²) in [4.78, 5) is 0. The van der Waals surface area contributed by atoms with Crippen LogP contribution in [-0.4, -0.2) is 12.3 Å². The van der Waals surface area contributed by atoms with Crippen LogP contribution in [0.5, 0.6) is 5.75 Å². The normalized spacial score (nSPS) is 12.4. The molecular weight excluding hydrogens is 276 g/mol. The largest absolute Gasteiger partial charge is 0.496 e. The van der Waals surface area contributed by atoms with Crippen LogP contribution in [0.1, 0.15) is 35.5 Å². The lowest BCUT2D eigenvalue weighted by Crippen LogP contribution is -2.19. The average Bonchev–Trinajstić information content (AvgIpc) is 2.76. The topological polar surface area (TPSA) is 47.3 Å². The summed E-state index contributed by atoms with van der Waals surface area (Å²) < 4.78 is 10.5. The van der Waals surface area contributed by atoms with Crippen molar-refractivity contribution < 1.29 is 9.26 Å². The lowest BCUT2D eigenvalue weighted by molar-refractivity contribution is 0.390. The number of benzene rings is 1. The molecule has 1 atom stereocenters. The fraction of sp³-hybridized carbons (Fsp3) is 0.400. The van der Waals surface area contributed by atoms with E-state index < -0.39 is 0 Å². The molecule has 0 bridgehead atoms. The number of methoxy groups -OCH3 is 1. The smallest absolute Gasteiger partial charge is 0.138 e. The van der Waals surface area contributed by atoms with Crippen molar-refractivity contribution in [1.29, 1.82) is 0 Å². The van der Waals surface area contributed by atoms with Crippen LogP contribution in [0.3, 0.4) is 0 Å². The van der Waals surface area contributed by atoms with E-state index in [1.807, 2.05) is 32.0 Å². The monoisotopic (exact) mass is 294 g/mol. The quantitative estimate of drug-likeness (QED) is 0.911. The van der Waals surface area contributed by atoms with Crippen LogP contribution < -0.4 is 10.1 Å². The Kier molecular flexibility index (Phi) is 4.68. The summed E-state index contributed by atoms with van der Waals surface area (Å²) in [6, 6.07) is 5.77. The van der Waals surface area contributed by atoms with Gasteiger partial charge in [0.2, 0.25) is 0 Å². The van der Waals surface area contributed by atoms with Gasteiger partial charge in [-0.15, -0.1) is 0 Å². The maximum absolute atomic E-state index is 6.23. The molecule has 0 amide bonds. The fourth-order valence-corrected chi connectivity index (χ4v) is 2.60. The van der Waals surface area contributed by atoms with Crippen molar-refractivity contribution in [2.75, 3.05) is 7.11 Å². The van der Waals surface area contributed by atoms with E-state index in [1.165, 1.54) is 0 Å². The predicted molar refractivity (Wildman–Crippen MR) is 79.2 cm³/mol. The zero-order valence-corrected chi connectivity index (χ0v) is 12.9. The third-order valence-corrected chi connectivity index (χ3v) is 3.76. The first-order valence-corrected chi connectivity index (χ1v) is 6.90. The summed E-state index contributed by atoms with van der Waals surface area (Å²) in [6.07, 6.45) is 0. The Bertz CT molecular complexity index is 576. The highest BCUT2D eigenvalue weighted by atomic mass is 35.5. The molecule has 1 heterocycles.